The first-order valence-electron chi connectivity index (χ1n) is 6.64. The van der Waals surface area contributed by atoms with Gasteiger partial charge in [0, 0.05) is 0 Å². The Labute approximate surface area is 151 Å². The smallest absolute Gasteiger partial charge is 0.147 e. The molecular weight excluding hydrogens is 369 g/mol. The van der Waals surface area contributed by atoms with Gasteiger partial charge >= 0.3 is 128 Å². The van der Waals surface area contributed by atoms with E-state index in [4.69, 9.17) is 14.9 Å². The zero-order chi connectivity index (χ0) is 14.6. The molecule has 0 radical (unpaired) electrons. The predicted molar refractivity (Wildman–Crippen MR) is 92.0 cm³/mol. The maximum Gasteiger partial charge on any atom is -0.147 e. The van der Waals surface area contributed by atoms with Crippen LogP contribution in [0.15, 0.2) is 18.2 Å². The molecular formula is C15H24Cl3FOTi. The van der Waals surface area contributed by atoms with E-state index < -0.39 is 18.3 Å². The molecule has 0 amide bonds. The van der Waals surface area contributed by atoms with Crippen LogP contribution in [0.25, 0.3) is 0 Å². The van der Waals surface area contributed by atoms with Gasteiger partial charge in [-0.25, -0.2) is 0 Å². The SMILES string of the molecule is CC[C](CC)=[Ti]([F])[O]c1cc(Cl)cc(C(C)(C)C)c1.Cl.Cl. The molecule has 1 aromatic rings. The minimum absolute atomic E-state index is 0. The van der Waals surface area contributed by atoms with Crippen molar-refractivity contribution >= 4 is 40.2 Å². The topological polar surface area (TPSA) is 9.23 Å². The Kier molecular flexibility index (Phi) is 11.5. The fourth-order valence-corrected chi connectivity index (χ4v) is 3.58. The fourth-order valence-electron chi connectivity index (χ4n) is 1.76. The van der Waals surface area contributed by atoms with Crippen molar-refractivity contribution in [3.05, 3.63) is 28.8 Å². The Balaban J connectivity index is 0. The number of rotatable bonds is 4. The molecule has 0 spiro atoms. The molecule has 0 unspecified atom stereocenters. The Morgan fingerprint density at radius 2 is 1.67 bits per heavy atom. The molecule has 0 saturated heterocycles. The number of halogens is 4. The maximum atomic E-state index is 14.2. The van der Waals surface area contributed by atoms with E-state index in [0.717, 1.165) is 22.2 Å². The summed E-state index contributed by atoms with van der Waals surface area (Å²) in [5.74, 6) is 0.564. The molecule has 0 bridgehead atoms. The molecule has 1 aromatic carbocycles. The van der Waals surface area contributed by atoms with E-state index in [0.29, 0.717) is 10.8 Å². The summed E-state index contributed by atoms with van der Waals surface area (Å²) in [7, 11) is 0. The van der Waals surface area contributed by atoms with Crippen LogP contribution in [0.2, 0.25) is 5.02 Å². The first kappa shape index (κ1) is 23.7. The van der Waals surface area contributed by atoms with E-state index in [1.807, 2.05) is 26.0 Å². The summed E-state index contributed by atoms with van der Waals surface area (Å²) < 4.78 is 20.7. The van der Waals surface area contributed by atoms with Crippen molar-refractivity contribution in [3.63, 3.8) is 0 Å². The molecule has 6 heteroatoms. The number of hydrogen-bond acceptors (Lipinski definition) is 1. The number of hydrogen-bond donors (Lipinski definition) is 0. The summed E-state index contributed by atoms with van der Waals surface area (Å²) >= 11 is 3.03. The zero-order valence-electron chi connectivity index (χ0n) is 13.1. The molecule has 1 nitrogen and oxygen atoms in total. The van der Waals surface area contributed by atoms with E-state index in [1.165, 1.54) is 0 Å². The Bertz CT molecular complexity index is 478. The molecule has 0 aliphatic rings. The monoisotopic (exact) mass is 392 g/mol. The second-order valence-corrected chi connectivity index (χ2v) is 8.33. The third kappa shape index (κ3) is 7.48. The molecule has 0 aliphatic carbocycles. The van der Waals surface area contributed by atoms with E-state index in [1.54, 1.807) is 6.07 Å². The molecule has 0 saturated carbocycles. The average Bonchev–Trinajstić information content (AvgIpc) is 2.28. The van der Waals surface area contributed by atoms with Crippen molar-refractivity contribution < 1.29 is 24.7 Å². The first-order chi connectivity index (χ1) is 8.77. The van der Waals surface area contributed by atoms with Gasteiger partial charge in [-0.15, -0.1) is 24.8 Å². The van der Waals surface area contributed by atoms with Crippen molar-refractivity contribution in [1.82, 2.24) is 0 Å². The Morgan fingerprint density at radius 1 is 1.14 bits per heavy atom. The van der Waals surface area contributed by atoms with Gasteiger partial charge < -0.3 is 0 Å². The van der Waals surface area contributed by atoms with Crippen LogP contribution in [0.4, 0.5) is 3.09 Å². The molecule has 0 atom stereocenters. The van der Waals surface area contributed by atoms with Crippen molar-refractivity contribution in [3.8, 4) is 5.75 Å². The van der Waals surface area contributed by atoms with Gasteiger partial charge in [0.05, 0.1) is 0 Å². The van der Waals surface area contributed by atoms with Crippen LogP contribution in [-0.4, -0.2) is 3.81 Å². The van der Waals surface area contributed by atoms with E-state index in [2.05, 4.69) is 20.8 Å². The Hall–Kier alpha value is 0.404. The summed E-state index contributed by atoms with van der Waals surface area (Å²) in [4.78, 5) is 0. The van der Waals surface area contributed by atoms with Crippen molar-refractivity contribution in [2.24, 2.45) is 0 Å². The molecule has 0 N–H and O–H groups in total. The van der Waals surface area contributed by atoms with Crippen LogP contribution < -0.4 is 3.32 Å². The fraction of sp³-hybridized carbons (Fsp3) is 0.533. The molecule has 122 valence electrons. The normalized spacial score (nSPS) is 10.2. The van der Waals surface area contributed by atoms with Gasteiger partial charge in [-0.1, -0.05) is 0 Å². The van der Waals surface area contributed by atoms with Crippen molar-refractivity contribution in [2.75, 3.05) is 0 Å². The van der Waals surface area contributed by atoms with Crippen LogP contribution in [0.1, 0.15) is 53.0 Å². The minimum atomic E-state index is -3.07. The van der Waals surface area contributed by atoms with Crippen LogP contribution in [0, 0.1) is 0 Å². The summed E-state index contributed by atoms with van der Waals surface area (Å²) in [6.07, 6.45) is 1.52. The summed E-state index contributed by atoms with van der Waals surface area (Å²) in [6, 6.07) is 5.52. The molecule has 0 heterocycles. The van der Waals surface area contributed by atoms with Gasteiger partial charge in [-0.05, 0) is 0 Å². The van der Waals surface area contributed by atoms with Gasteiger partial charge in [0.2, 0.25) is 0 Å². The molecule has 1 rings (SSSR count). The van der Waals surface area contributed by atoms with E-state index >= 15 is 0 Å². The van der Waals surface area contributed by atoms with Gasteiger partial charge in [-0.2, -0.15) is 0 Å². The second-order valence-electron chi connectivity index (χ2n) is 5.61. The first-order valence-corrected chi connectivity index (χ1v) is 9.03. The summed E-state index contributed by atoms with van der Waals surface area (Å²) in [5, 5.41) is 0.600. The zero-order valence-corrected chi connectivity index (χ0v) is 17.1. The summed E-state index contributed by atoms with van der Waals surface area (Å²) in [6.45, 7) is 10.3. The minimum Gasteiger partial charge on any atom is -0.147 e. The predicted octanol–water partition coefficient (Wildman–Crippen LogP) is 6.27. The second kappa shape index (κ2) is 10.2. The largest absolute Gasteiger partial charge is 0.147 e. The van der Waals surface area contributed by atoms with Gasteiger partial charge in [-0.3, -0.25) is 0 Å². The number of benzene rings is 1. The van der Waals surface area contributed by atoms with Crippen LogP contribution in [0.5, 0.6) is 5.75 Å². The Morgan fingerprint density at radius 3 is 2.10 bits per heavy atom. The van der Waals surface area contributed by atoms with Crippen LogP contribution in [0.3, 0.4) is 0 Å². The summed E-state index contributed by atoms with van der Waals surface area (Å²) in [5.41, 5.74) is 1.04. The van der Waals surface area contributed by atoms with Gasteiger partial charge in [0.25, 0.3) is 0 Å². The van der Waals surface area contributed by atoms with Crippen LogP contribution in [-0.2, 0) is 23.7 Å². The average molecular weight is 394 g/mol. The van der Waals surface area contributed by atoms with Crippen LogP contribution >= 0.6 is 36.4 Å². The van der Waals surface area contributed by atoms with E-state index in [-0.39, 0.29) is 30.2 Å². The maximum absolute atomic E-state index is 14.2. The third-order valence-corrected chi connectivity index (χ3v) is 5.91. The quantitative estimate of drug-likeness (QED) is 0.548. The molecule has 0 aliphatic heterocycles. The van der Waals surface area contributed by atoms with Gasteiger partial charge in [0.15, 0.2) is 0 Å². The standard InChI is InChI=1S/C10H13ClO.C5H10.2ClH.FH.Ti/c1-10(2,3)7-4-8(11)6-9(12)5-7;1-3-5-4-2;;;;/h4-6,12H,1-3H3;3-4H2,1-2H3;3*1H;/q;;;;;+2/p-2. The van der Waals surface area contributed by atoms with E-state index in [9.17, 15) is 3.09 Å². The molecule has 21 heavy (non-hydrogen) atoms. The van der Waals surface area contributed by atoms with Crippen molar-refractivity contribution in [1.29, 1.82) is 0 Å². The molecule has 0 aromatic heterocycles. The van der Waals surface area contributed by atoms with Crippen molar-refractivity contribution in [2.45, 2.75) is 52.9 Å². The molecule has 0 fully saturated rings. The van der Waals surface area contributed by atoms with Gasteiger partial charge in [0.1, 0.15) is 0 Å². The third-order valence-electron chi connectivity index (χ3n) is 3.08.